The summed E-state index contributed by atoms with van der Waals surface area (Å²) in [6, 6.07) is 7.78. The van der Waals surface area contributed by atoms with Gasteiger partial charge in [-0.05, 0) is 31.2 Å². The molecule has 18 heavy (non-hydrogen) atoms. The van der Waals surface area contributed by atoms with Crippen molar-refractivity contribution in [1.82, 2.24) is 4.90 Å². The lowest BCUT2D eigenvalue weighted by Crippen LogP contribution is -2.46. The fraction of sp³-hybridized carbons (Fsp3) is 0.500. The molecule has 0 N–H and O–H groups in total. The Balaban J connectivity index is 2.02. The quantitative estimate of drug-likeness (QED) is 0.840. The Morgan fingerprint density at radius 3 is 2.56 bits per heavy atom. The van der Waals surface area contributed by atoms with E-state index >= 15 is 0 Å². The highest BCUT2D eigenvalue weighted by Gasteiger charge is 2.16. The Morgan fingerprint density at radius 2 is 2.00 bits per heavy atom. The van der Waals surface area contributed by atoms with Crippen LogP contribution < -0.4 is 4.90 Å². The van der Waals surface area contributed by atoms with Crippen LogP contribution in [0.5, 0.6) is 0 Å². The molecule has 96 valence electrons. The molecule has 3 nitrogen and oxygen atoms in total. The molecule has 1 aliphatic rings. The highest BCUT2D eigenvalue weighted by molar-refractivity contribution is 6.32. The van der Waals surface area contributed by atoms with Gasteiger partial charge in [0.2, 0.25) is 0 Å². The van der Waals surface area contributed by atoms with Crippen molar-refractivity contribution >= 4 is 17.3 Å². The predicted octanol–water partition coefficient (Wildman–Crippen LogP) is 2.74. The van der Waals surface area contributed by atoms with Gasteiger partial charge in [0.1, 0.15) is 6.07 Å². The summed E-state index contributed by atoms with van der Waals surface area (Å²) in [5, 5.41) is 9.41. The molecule has 0 spiro atoms. The number of benzene rings is 1. The van der Waals surface area contributed by atoms with E-state index < -0.39 is 0 Å². The Kier molecular flexibility index (Phi) is 4.46. The number of hydrogen-bond acceptors (Lipinski definition) is 3. The maximum absolute atomic E-state index is 8.86. The molecular weight excluding hydrogens is 246 g/mol. The highest BCUT2D eigenvalue weighted by Crippen LogP contribution is 2.24. The fourth-order valence-electron chi connectivity index (χ4n) is 2.34. The average molecular weight is 264 g/mol. The van der Waals surface area contributed by atoms with Crippen molar-refractivity contribution in [3.63, 3.8) is 0 Å². The smallest absolute Gasteiger partial charge is 0.101 e. The van der Waals surface area contributed by atoms with Crippen LogP contribution in [0.1, 0.15) is 18.9 Å². The van der Waals surface area contributed by atoms with Crippen LogP contribution in [0.2, 0.25) is 5.02 Å². The van der Waals surface area contributed by atoms with Crippen LogP contribution in [0.15, 0.2) is 18.2 Å². The Hall–Kier alpha value is -1.24. The molecule has 0 bridgehead atoms. The lowest BCUT2D eigenvalue weighted by atomic mass is 10.2. The van der Waals surface area contributed by atoms with Crippen molar-refractivity contribution in [2.75, 3.05) is 37.6 Å². The zero-order valence-corrected chi connectivity index (χ0v) is 11.5. The maximum Gasteiger partial charge on any atom is 0.101 e. The summed E-state index contributed by atoms with van der Waals surface area (Å²) >= 11 is 6.07. The molecule has 0 amide bonds. The first kappa shape index (κ1) is 13.2. The van der Waals surface area contributed by atoms with Gasteiger partial charge in [-0.25, -0.2) is 0 Å². The first-order valence-electron chi connectivity index (χ1n) is 6.41. The van der Waals surface area contributed by atoms with Crippen molar-refractivity contribution in [2.24, 2.45) is 0 Å². The van der Waals surface area contributed by atoms with E-state index in [2.05, 4.69) is 22.8 Å². The van der Waals surface area contributed by atoms with E-state index in [0.717, 1.165) is 31.9 Å². The van der Waals surface area contributed by atoms with Gasteiger partial charge in [-0.3, -0.25) is 4.90 Å². The second-order valence-corrected chi connectivity index (χ2v) is 5.01. The van der Waals surface area contributed by atoms with E-state index in [-0.39, 0.29) is 0 Å². The van der Waals surface area contributed by atoms with Crippen molar-refractivity contribution in [1.29, 1.82) is 5.26 Å². The minimum atomic E-state index is 0.546. The van der Waals surface area contributed by atoms with E-state index in [1.165, 1.54) is 13.0 Å². The summed E-state index contributed by atoms with van der Waals surface area (Å²) in [5.41, 5.74) is 1.67. The lowest BCUT2D eigenvalue weighted by Gasteiger charge is -2.36. The summed E-state index contributed by atoms with van der Waals surface area (Å²) in [4.78, 5) is 4.82. The monoisotopic (exact) mass is 263 g/mol. The van der Waals surface area contributed by atoms with Crippen LogP contribution in [0.25, 0.3) is 0 Å². The number of nitrogens with zero attached hydrogens (tertiary/aromatic N) is 3. The van der Waals surface area contributed by atoms with Gasteiger partial charge < -0.3 is 4.90 Å². The van der Waals surface area contributed by atoms with Crippen molar-refractivity contribution < 1.29 is 0 Å². The molecule has 0 aromatic heterocycles. The molecule has 0 unspecified atom stereocenters. The minimum Gasteiger partial charge on any atom is -0.369 e. The molecule has 1 fully saturated rings. The molecule has 0 aliphatic carbocycles. The van der Waals surface area contributed by atoms with Crippen molar-refractivity contribution in [3.05, 3.63) is 28.8 Å². The highest BCUT2D eigenvalue weighted by atomic mass is 35.5. The van der Waals surface area contributed by atoms with E-state index in [0.29, 0.717) is 10.6 Å². The summed E-state index contributed by atoms with van der Waals surface area (Å²) in [5.74, 6) is 0. The molecule has 1 saturated heterocycles. The Bertz CT molecular complexity index is 445. The molecule has 0 radical (unpaired) electrons. The normalized spacial score (nSPS) is 16.6. The topological polar surface area (TPSA) is 30.3 Å². The van der Waals surface area contributed by atoms with Crippen molar-refractivity contribution in [3.8, 4) is 6.07 Å². The van der Waals surface area contributed by atoms with Gasteiger partial charge in [0.15, 0.2) is 0 Å². The number of anilines is 1. The third-order valence-corrected chi connectivity index (χ3v) is 3.66. The summed E-state index contributed by atoms with van der Waals surface area (Å²) in [7, 11) is 0. The molecule has 0 saturated carbocycles. The van der Waals surface area contributed by atoms with E-state index in [1.54, 1.807) is 6.07 Å². The maximum atomic E-state index is 8.86. The molecular formula is C14H18ClN3. The van der Waals surface area contributed by atoms with E-state index in [4.69, 9.17) is 16.9 Å². The summed E-state index contributed by atoms with van der Waals surface area (Å²) in [6.07, 6.45) is 1.21. The number of halogens is 1. The van der Waals surface area contributed by atoms with E-state index in [1.807, 2.05) is 12.1 Å². The predicted molar refractivity (Wildman–Crippen MR) is 75.1 cm³/mol. The van der Waals surface area contributed by atoms with Crippen LogP contribution in [0.3, 0.4) is 0 Å². The molecule has 4 heteroatoms. The summed E-state index contributed by atoms with van der Waals surface area (Å²) in [6.45, 7) is 7.66. The van der Waals surface area contributed by atoms with Crippen molar-refractivity contribution in [2.45, 2.75) is 13.3 Å². The van der Waals surface area contributed by atoms with Crippen LogP contribution in [0.4, 0.5) is 5.69 Å². The van der Waals surface area contributed by atoms with Gasteiger partial charge in [0.25, 0.3) is 0 Å². The molecule has 1 aliphatic heterocycles. The second kappa shape index (κ2) is 6.08. The minimum absolute atomic E-state index is 0.546. The van der Waals surface area contributed by atoms with Gasteiger partial charge in [0.05, 0.1) is 10.6 Å². The number of rotatable bonds is 3. The Morgan fingerprint density at radius 1 is 1.28 bits per heavy atom. The van der Waals surface area contributed by atoms with Gasteiger partial charge in [-0.1, -0.05) is 18.5 Å². The number of piperazine rings is 1. The molecule has 2 rings (SSSR count). The average Bonchev–Trinajstić information content (AvgIpc) is 2.40. The SMILES string of the molecule is CCCN1CCN(c2ccc(C#N)c(Cl)c2)CC1. The van der Waals surface area contributed by atoms with Crippen LogP contribution in [0, 0.1) is 11.3 Å². The molecule has 1 aromatic carbocycles. The molecule has 1 heterocycles. The number of nitriles is 1. The zero-order valence-electron chi connectivity index (χ0n) is 10.7. The first-order chi connectivity index (χ1) is 8.74. The van der Waals surface area contributed by atoms with Gasteiger partial charge in [-0.15, -0.1) is 0 Å². The lowest BCUT2D eigenvalue weighted by molar-refractivity contribution is 0.258. The largest absolute Gasteiger partial charge is 0.369 e. The third kappa shape index (κ3) is 2.95. The zero-order chi connectivity index (χ0) is 13.0. The Labute approximate surface area is 114 Å². The van der Waals surface area contributed by atoms with Crippen LogP contribution in [-0.2, 0) is 0 Å². The van der Waals surface area contributed by atoms with Gasteiger partial charge >= 0.3 is 0 Å². The van der Waals surface area contributed by atoms with Gasteiger partial charge in [-0.2, -0.15) is 5.26 Å². The first-order valence-corrected chi connectivity index (χ1v) is 6.79. The standard InChI is InChI=1S/C14H18ClN3/c1-2-5-17-6-8-18(9-7-17)13-4-3-12(11-16)14(15)10-13/h3-4,10H,2,5-9H2,1H3. The third-order valence-electron chi connectivity index (χ3n) is 3.35. The van der Waals surface area contributed by atoms with Crippen LogP contribution >= 0.6 is 11.6 Å². The summed E-state index contributed by atoms with van der Waals surface area (Å²) < 4.78 is 0. The van der Waals surface area contributed by atoms with Crippen LogP contribution in [-0.4, -0.2) is 37.6 Å². The molecule has 1 aromatic rings. The second-order valence-electron chi connectivity index (χ2n) is 4.60. The fourth-order valence-corrected chi connectivity index (χ4v) is 2.55. The molecule has 0 atom stereocenters. The van der Waals surface area contributed by atoms with E-state index in [9.17, 15) is 0 Å². The van der Waals surface area contributed by atoms with Gasteiger partial charge in [0, 0.05) is 31.9 Å². The number of hydrogen-bond donors (Lipinski definition) is 0.